The Balaban J connectivity index is 0.00000768. The van der Waals surface area contributed by atoms with Gasteiger partial charge in [-0.05, 0) is 39.0 Å². The normalized spacial score (nSPS) is 22.4. The van der Waals surface area contributed by atoms with Gasteiger partial charge in [0.1, 0.15) is 29.9 Å². The molecule has 1 saturated heterocycles. The molecule has 1 unspecified atom stereocenters. The first-order valence-corrected chi connectivity index (χ1v) is 17.8. The first-order chi connectivity index (χ1) is 22.0. The van der Waals surface area contributed by atoms with Crippen LogP contribution in [0.1, 0.15) is 104 Å². The molecule has 0 bridgehead atoms. The van der Waals surface area contributed by atoms with Crippen molar-refractivity contribution in [2.45, 2.75) is 121 Å². The van der Waals surface area contributed by atoms with Crippen molar-refractivity contribution in [2.24, 2.45) is 0 Å². The summed E-state index contributed by atoms with van der Waals surface area (Å²) < 4.78 is 29.5. The zero-order valence-corrected chi connectivity index (χ0v) is 30.9. The topological polar surface area (TPSA) is 233 Å². The number of ether oxygens (including phenoxy) is 2. The molecule has 1 aliphatic rings. The van der Waals surface area contributed by atoms with Gasteiger partial charge < -0.3 is 40.6 Å². The summed E-state index contributed by atoms with van der Waals surface area (Å²) in [6.45, 7) is 2.49. The van der Waals surface area contributed by atoms with E-state index < -0.39 is 50.9 Å². The summed E-state index contributed by atoms with van der Waals surface area (Å²) in [6.07, 6.45) is 16.9. The number of fused-ring (bicyclic) bond motifs is 1. The molecule has 0 spiro atoms. The van der Waals surface area contributed by atoms with Crippen molar-refractivity contribution in [3.05, 3.63) is 18.5 Å². The Morgan fingerprint density at radius 2 is 1.72 bits per heavy atom. The van der Waals surface area contributed by atoms with Crippen LogP contribution in [0.4, 0.5) is 11.8 Å². The molecule has 15 nitrogen and oxygen atoms in total. The number of carbonyl (C=O) groups is 1. The monoisotopic (exact) mass is 691 g/mol. The number of nitrogen functional groups attached to an aromatic ring is 2. The zero-order chi connectivity index (χ0) is 33.6. The van der Waals surface area contributed by atoms with E-state index >= 15 is 0 Å². The Labute approximate surface area is 299 Å². The Morgan fingerprint density at radius 1 is 1.11 bits per heavy atom. The molecule has 0 amide bonds. The molecule has 3 rings (SSSR count). The van der Waals surface area contributed by atoms with Crippen LogP contribution in [0.15, 0.2) is 18.5 Å². The van der Waals surface area contributed by atoms with E-state index in [9.17, 15) is 24.5 Å². The minimum Gasteiger partial charge on any atom is -0.766 e. The number of nitrogens with zero attached hydrogens (tertiary/aromatic N) is 4. The van der Waals surface area contributed by atoms with Crippen LogP contribution in [-0.4, -0.2) is 73.3 Å². The quantitative estimate of drug-likeness (QED) is 0.0367. The van der Waals surface area contributed by atoms with Crippen molar-refractivity contribution in [1.29, 1.82) is 0 Å². The summed E-state index contributed by atoms with van der Waals surface area (Å²) in [5.41, 5.74) is 9.98. The van der Waals surface area contributed by atoms with E-state index in [2.05, 4.69) is 34.0 Å². The summed E-state index contributed by atoms with van der Waals surface area (Å²) in [5.74, 6) is -0.846. The van der Waals surface area contributed by atoms with Crippen molar-refractivity contribution in [2.75, 3.05) is 31.2 Å². The molecule has 17 heteroatoms. The molecular weight excluding hydrogens is 640 g/mol. The van der Waals surface area contributed by atoms with Crippen LogP contribution < -0.4 is 51.0 Å². The number of hydrogen-bond acceptors (Lipinski definition) is 13. The van der Waals surface area contributed by atoms with E-state index in [0.717, 1.165) is 38.5 Å². The Hall–Kier alpha value is -1.65. The molecule has 1 aliphatic heterocycles. The van der Waals surface area contributed by atoms with Gasteiger partial charge in [-0.3, -0.25) is 13.9 Å². The van der Waals surface area contributed by atoms with E-state index in [1.165, 1.54) is 56.3 Å². The Kier molecular flexibility index (Phi) is 18.3. The van der Waals surface area contributed by atoms with Gasteiger partial charge in [-0.15, -0.1) is 0 Å². The molecule has 260 valence electrons. The van der Waals surface area contributed by atoms with Crippen molar-refractivity contribution in [3.8, 4) is 0 Å². The number of imidazole rings is 1. The number of carbonyl (C=O) groups excluding carboxylic acids is 1. The van der Waals surface area contributed by atoms with Crippen molar-refractivity contribution in [1.82, 2.24) is 24.6 Å². The van der Waals surface area contributed by atoms with Gasteiger partial charge in [0.05, 0.1) is 19.5 Å². The number of nitrogens with two attached hydrogens (primary N) is 2. The fraction of sp³-hybridized carbons (Fsp3) is 0.733. The number of rotatable bonds is 22. The molecule has 2 aromatic heterocycles. The third-order valence-corrected chi connectivity index (χ3v) is 9.00. The fourth-order valence-electron chi connectivity index (χ4n) is 5.29. The third-order valence-electron chi connectivity index (χ3n) is 7.97. The van der Waals surface area contributed by atoms with Crippen LogP contribution in [0.5, 0.6) is 0 Å². The van der Waals surface area contributed by atoms with Gasteiger partial charge in [-0.2, -0.15) is 9.97 Å². The minimum absolute atomic E-state index is 0. The maximum absolute atomic E-state index is 12.4. The van der Waals surface area contributed by atoms with Crippen molar-refractivity contribution >= 4 is 36.6 Å². The van der Waals surface area contributed by atoms with Gasteiger partial charge in [-0.25, -0.2) is 10.1 Å². The van der Waals surface area contributed by atoms with Gasteiger partial charge in [0.2, 0.25) is 13.7 Å². The maximum Gasteiger partial charge on any atom is 1.00 e. The summed E-state index contributed by atoms with van der Waals surface area (Å²) in [6, 6.07) is 0. The molecule has 0 aromatic carbocycles. The number of aliphatic hydroxyl groups is 2. The fourth-order valence-corrected chi connectivity index (χ4v) is 6.05. The predicted octanol–water partition coefficient (Wildman–Crippen LogP) is 0.269. The number of esters is 1. The van der Waals surface area contributed by atoms with E-state index in [0.29, 0.717) is 6.42 Å². The van der Waals surface area contributed by atoms with Gasteiger partial charge in [0.15, 0.2) is 17.7 Å². The van der Waals surface area contributed by atoms with Crippen LogP contribution >= 0.6 is 7.75 Å². The Bertz CT molecular complexity index is 1310. The van der Waals surface area contributed by atoms with Gasteiger partial charge >= 0.3 is 35.5 Å². The summed E-state index contributed by atoms with van der Waals surface area (Å²) >= 11 is 0. The van der Waals surface area contributed by atoms with Crippen LogP contribution in [0.3, 0.4) is 0 Å². The molecule has 0 radical (unpaired) electrons. The first kappa shape index (κ1) is 41.5. The number of anilines is 2. The van der Waals surface area contributed by atoms with Crippen molar-refractivity contribution < 1.29 is 68.0 Å². The van der Waals surface area contributed by atoms with E-state index in [1.807, 2.05) is 5.09 Å². The number of nitrogens with one attached hydrogen (secondary N) is 1. The summed E-state index contributed by atoms with van der Waals surface area (Å²) in [4.78, 5) is 36.4. The SMILES string of the molecule is CCCCCCCC/C=C\CCCCCCCOC(=O)CNP(=O)([O-])OC[C@H]1O[C@@H](n2cnc3c(N)nc(N)nc32)[C@@](C)(O)[C@H]1O.[Na+]. The number of aliphatic hydroxyl groups excluding tert-OH is 1. The molecule has 2 aromatic rings. The maximum atomic E-state index is 12.4. The average molecular weight is 692 g/mol. The van der Waals surface area contributed by atoms with Crippen LogP contribution in [0, 0.1) is 0 Å². The molecular formula is C30H51N7NaO8P. The molecule has 0 aliphatic carbocycles. The van der Waals surface area contributed by atoms with E-state index in [1.54, 1.807) is 0 Å². The molecule has 0 saturated carbocycles. The van der Waals surface area contributed by atoms with Crippen molar-refractivity contribution in [3.63, 3.8) is 0 Å². The predicted molar refractivity (Wildman–Crippen MR) is 172 cm³/mol. The van der Waals surface area contributed by atoms with E-state index in [4.69, 9.17) is 25.5 Å². The van der Waals surface area contributed by atoms with Gasteiger partial charge in [0.25, 0.3) is 0 Å². The number of unbranched alkanes of at least 4 members (excludes halogenated alkanes) is 11. The molecule has 7 N–H and O–H groups in total. The first-order valence-electron chi connectivity index (χ1n) is 16.3. The second kappa shape index (κ2) is 20.8. The van der Waals surface area contributed by atoms with Crippen LogP contribution in [0.25, 0.3) is 11.2 Å². The number of allylic oxidation sites excluding steroid dienone is 2. The second-order valence-corrected chi connectivity index (χ2v) is 13.5. The summed E-state index contributed by atoms with van der Waals surface area (Å²) in [5, 5.41) is 23.7. The second-order valence-electron chi connectivity index (χ2n) is 11.9. The number of aromatic nitrogens is 4. The largest absolute Gasteiger partial charge is 1.00 e. The smallest absolute Gasteiger partial charge is 0.766 e. The summed E-state index contributed by atoms with van der Waals surface area (Å²) in [7, 11) is -4.73. The molecule has 1 fully saturated rings. The van der Waals surface area contributed by atoms with Crippen LogP contribution in [0.2, 0.25) is 0 Å². The Morgan fingerprint density at radius 3 is 2.38 bits per heavy atom. The minimum atomic E-state index is -4.73. The van der Waals surface area contributed by atoms with Gasteiger partial charge in [-0.1, -0.05) is 70.4 Å². The molecule has 3 heterocycles. The number of hydrogen-bond donors (Lipinski definition) is 5. The molecule has 5 atom stereocenters. The third kappa shape index (κ3) is 13.3. The standard InChI is InChI=1S/C30H52N7O8P.Na/c1-3-4-5-6-7-8-9-10-11-12-13-14-15-16-17-18-43-23(38)19-34-46(41,42)44-20-22-25(39)30(2,40)28(45-22)37-21-33-24-26(31)35-29(32)36-27(24)37;/h10-11,21-22,25,28,39-40H,3-9,12-20H2,1-2H3,(H2,34,41,42)(H4,31,32,35,36);/q;+1/p-1/b11-10-;/t22-,25+,28-,30+;/m1./s1. The molecule has 47 heavy (non-hydrogen) atoms. The van der Waals surface area contributed by atoms with Crippen LogP contribution in [-0.2, 0) is 23.4 Å². The zero-order valence-electron chi connectivity index (χ0n) is 28.0. The average Bonchev–Trinajstić information content (AvgIpc) is 3.52. The van der Waals surface area contributed by atoms with Gasteiger partial charge in [0, 0.05) is 0 Å². The van der Waals surface area contributed by atoms with E-state index in [-0.39, 0.29) is 59.1 Å².